The van der Waals surface area contributed by atoms with Crippen LogP contribution in [-0.2, 0) is 0 Å². The lowest BCUT2D eigenvalue weighted by Gasteiger charge is -2.01. The second-order valence-electron chi connectivity index (χ2n) is 2.63. The number of hydrogen-bond acceptors (Lipinski definition) is 3. The molecule has 0 atom stereocenters. The van der Waals surface area contributed by atoms with Crippen LogP contribution in [0.4, 0.5) is 0 Å². The minimum Gasteiger partial charge on any atom is -0.492 e. The molecule has 2 heterocycles. The van der Waals surface area contributed by atoms with Crippen molar-refractivity contribution in [3.05, 3.63) is 35.9 Å². The SMILES string of the molecule is COc1cnn(-c2cccnc2)c1Cl. The van der Waals surface area contributed by atoms with Gasteiger partial charge in [-0.05, 0) is 12.1 Å². The Morgan fingerprint density at radius 2 is 2.29 bits per heavy atom. The van der Waals surface area contributed by atoms with E-state index in [0.717, 1.165) is 5.69 Å². The smallest absolute Gasteiger partial charge is 0.176 e. The molecule has 0 amide bonds. The Morgan fingerprint density at radius 3 is 2.86 bits per heavy atom. The van der Waals surface area contributed by atoms with Gasteiger partial charge in [0.1, 0.15) is 0 Å². The van der Waals surface area contributed by atoms with Crippen LogP contribution in [0, 0.1) is 0 Å². The molecule has 0 aromatic carbocycles. The van der Waals surface area contributed by atoms with Crippen LogP contribution < -0.4 is 4.74 Å². The van der Waals surface area contributed by atoms with Gasteiger partial charge >= 0.3 is 0 Å². The Hall–Kier alpha value is -1.55. The standard InChI is InChI=1S/C9H8ClN3O/c1-14-8-6-12-13(9(8)10)7-3-2-4-11-5-7/h2-6H,1H3. The maximum Gasteiger partial charge on any atom is 0.176 e. The van der Waals surface area contributed by atoms with Crippen molar-refractivity contribution in [1.82, 2.24) is 14.8 Å². The molecule has 0 aliphatic heterocycles. The largest absolute Gasteiger partial charge is 0.492 e. The summed E-state index contributed by atoms with van der Waals surface area (Å²) in [5.41, 5.74) is 0.806. The first kappa shape index (κ1) is 9.02. The number of pyridine rings is 1. The average molecular weight is 210 g/mol. The van der Waals surface area contributed by atoms with E-state index in [1.54, 1.807) is 30.4 Å². The van der Waals surface area contributed by atoms with Gasteiger partial charge in [0.15, 0.2) is 10.9 Å². The van der Waals surface area contributed by atoms with E-state index in [2.05, 4.69) is 10.1 Å². The molecule has 0 saturated carbocycles. The van der Waals surface area contributed by atoms with Crippen LogP contribution in [0.3, 0.4) is 0 Å². The van der Waals surface area contributed by atoms with Crippen molar-refractivity contribution in [3.8, 4) is 11.4 Å². The van der Waals surface area contributed by atoms with Crippen molar-refractivity contribution < 1.29 is 4.74 Å². The number of nitrogens with zero attached hydrogens (tertiary/aromatic N) is 3. The summed E-state index contributed by atoms with van der Waals surface area (Å²) < 4.78 is 6.57. The number of methoxy groups -OCH3 is 1. The van der Waals surface area contributed by atoms with E-state index in [4.69, 9.17) is 16.3 Å². The Balaban J connectivity index is 2.48. The lowest BCUT2D eigenvalue weighted by atomic mass is 10.4. The fourth-order valence-electron chi connectivity index (χ4n) is 1.11. The van der Waals surface area contributed by atoms with Crippen LogP contribution >= 0.6 is 11.6 Å². The minimum atomic E-state index is 0.445. The third kappa shape index (κ3) is 1.44. The van der Waals surface area contributed by atoms with Crippen molar-refractivity contribution >= 4 is 11.6 Å². The van der Waals surface area contributed by atoms with Gasteiger partial charge in [-0.15, -0.1) is 0 Å². The van der Waals surface area contributed by atoms with E-state index >= 15 is 0 Å². The van der Waals surface area contributed by atoms with Crippen LogP contribution in [0.2, 0.25) is 5.15 Å². The molecule has 0 bridgehead atoms. The molecule has 0 radical (unpaired) electrons. The molecule has 0 aliphatic rings. The normalized spacial score (nSPS) is 10.1. The van der Waals surface area contributed by atoms with Gasteiger partial charge < -0.3 is 4.74 Å². The predicted molar refractivity (Wildman–Crippen MR) is 52.9 cm³/mol. The second kappa shape index (κ2) is 3.67. The fourth-order valence-corrected chi connectivity index (χ4v) is 1.38. The van der Waals surface area contributed by atoms with Crippen LogP contribution in [0.1, 0.15) is 0 Å². The first-order valence-electron chi connectivity index (χ1n) is 4.01. The summed E-state index contributed by atoms with van der Waals surface area (Å²) in [6.07, 6.45) is 4.94. The first-order chi connectivity index (χ1) is 6.83. The van der Waals surface area contributed by atoms with Crippen LogP contribution in [0.25, 0.3) is 5.69 Å². The van der Waals surface area contributed by atoms with Crippen molar-refractivity contribution in [2.24, 2.45) is 0 Å². The zero-order valence-corrected chi connectivity index (χ0v) is 8.27. The molecule has 0 aliphatic carbocycles. The van der Waals surface area contributed by atoms with Gasteiger partial charge in [-0.3, -0.25) is 4.98 Å². The van der Waals surface area contributed by atoms with Gasteiger partial charge in [-0.2, -0.15) is 5.10 Å². The van der Waals surface area contributed by atoms with Crippen LogP contribution in [-0.4, -0.2) is 21.9 Å². The fraction of sp³-hybridized carbons (Fsp3) is 0.111. The molecule has 0 saturated heterocycles. The highest BCUT2D eigenvalue weighted by atomic mass is 35.5. The highest BCUT2D eigenvalue weighted by molar-refractivity contribution is 6.31. The number of ether oxygens (including phenoxy) is 1. The molecule has 14 heavy (non-hydrogen) atoms. The van der Waals surface area contributed by atoms with Crippen molar-refractivity contribution in [1.29, 1.82) is 0 Å². The summed E-state index contributed by atoms with van der Waals surface area (Å²) in [4.78, 5) is 3.98. The van der Waals surface area contributed by atoms with Crippen molar-refractivity contribution in [2.45, 2.75) is 0 Å². The van der Waals surface area contributed by atoms with Gasteiger partial charge in [0.05, 0.1) is 25.2 Å². The minimum absolute atomic E-state index is 0.445. The lowest BCUT2D eigenvalue weighted by Crippen LogP contribution is -1.96. The zero-order valence-electron chi connectivity index (χ0n) is 7.51. The molecule has 0 spiro atoms. The highest BCUT2D eigenvalue weighted by Crippen LogP contribution is 2.25. The summed E-state index contributed by atoms with van der Waals surface area (Å²) in [5.74, 6) is 0.551. The van der Waals surface area contributed by atoms with Crippen LogP contribution in [0.5, 0.6) is 5.75 Å². The van der Waals surface area contributed by atoms with Gasteiger partial charge in [-0.1, -0.05) is 11.6 Å². The van der Waals surface area contributed by atoms with Crippen molar-refractivity contribution in [2.75, 3.05) is 7.11 Å². The van der Waals surface area contributed by atoms with E-state index in [1.165, 1.54) is 0 Å². The molecule has 2 rings (SSSR count). The summed E-state index contributed by atoms with van der Waals surface area (Å²) in [6.45, 7) is 0. The predicted octanol–water partition coefficient (Wildman–Crippen LogP) is 1.93. The number of hydrogen-bond donors (Lipinski definition) is 0. The topological polar surface area (TPSA) is 39.9 Å². The van der Waals surface area contributed by atoms with Gasteiger partial charge in [0, 0.05) is 6.20 Å². The quantitative estimate of drug-likeness (QED) is 0.759. The molecule has 0 N–H and O–H groups in total. The Labute approximate surface area is 86.1 Å². The Kier molecular flexibility index (Phi) is 2.37. The van der Waals surface area contributed by atoms with Crippen molar-refractivity contribution in [3.63, 3.8) is 0 Å². The van der Waals surface area contributed by atoms with Crippen LogP contribution in [0.15, 0.2) is 30.7 Å². The molecule has 2 aromatic rings. The summed E-state index contributed by atoms with van der Waals surface area (Å²) in [6, 6.07) is 3.69. The molecule has 5 heteroatoms. The van der Waals surface area contributed by atoms with E-state index in [1.807, 2.05) is 12.1 Å². The van der Waals surface area contributed by atoms with E-state index in [0.29, 0.717) is 10.9 Å². The average Bonchev–Trinajstić information content (AvgIpc) is 2.61. The molecule has 72 valence electrons. The molecular formula is C9H8ClN3O. The Morgan fingerprint density at radius 1 is 1.43 bits per heavy atom. The van der Waals surface area contributed by atoms with Gasteiger partial charge in [-0.25, -0.2) is 4.68 Å². The van der Waals surface area contributed by atoms with Gasteiger partial charge in [0.25, 0.3) is 0 Å². The first-order valence-corrected chi connectivity index (χ1v) is 4.38. The summed E-state index contributed by atoms with van der Waals surface area (Å²) in [5, 5.41) is 4.52. The molecular weight excluding hydrogens is 202 g/mol. The number of halogens is 1. The van der Waals surface area contributed by atoms with Gasteiger partial charge in [0.2, 0.25) is 0 Å². The highest BCUT2D eigenvalue weighted by Gasteiger charge is 2.09. The lowest BCUT2D eigenvalue weighted by molar-refractivity contribution is 0.415. The summed E-state index contributed by atoms with van der Waals surface area (Å²) in [7, 11) is 1.55. The monoisotopic (exact) mass is 209 g/mol. The second-order valence-corrected chi connectivity index (χ2v) is 2.98. The maximum atomic E-state index is 6.01. The molecule has 0 unspecified atom stereocenters. The van der Waals surface area contributed by atoms with E-state index < -0.39 is 0 Å². The third-order valence-electron chi connectivity index (χ3n) is 1.79. The third-order valence-corrected chi connectivity index (χ3v) is 2.14. The molecule has 2 aromatic heterocycles. The molecule has 4 nitrogen and oxygen atoms in total. The zero-order chi connectivity index (χ0) is 9.97. The number of rotatable bonds is 2. The molecule has 0 fully saturated rings. The Bertz CT molecular complexity index is 427. The van der Waals surface area contributed by atoms with E-state index in [-0.39, 0.29) is 0 Å². The maximum absolute atomic E-state index is 6.01. The summed E-state index contributed by atoms with van der Waals surface area (Å²) >= 11 is 6.01. The number of aromatic nitrogens is 3. The van der Waals surface area contributed by atoms with E-state index in [9.17, 15) is 0 Å².